The van der Waals surface area contributed by atoms with Crippen LogP contribution in [0.5, 0.6) is 0 Å². The van der Waals surface area contributed by atoms with Crippen molar-refractivity contribution in [1.29, 1.82) is 5.26 Å². The van der Waals surface area contributed by atoms with Crippen LogP contribution in [0, 0.1) is 11.3 Å². The van der Waals surface area contributed by atoms with Gasteiger partial charge in [-0.25, -0.2) is 0 Å². The Bertz CT molecular complexity index is 220. The Morgan fingerprint density at radius 3 is 2.47 bits per heavy atom. The Morgan fingerprint density at radius 2 is 2.00 bits per heavy atom. The molecule has 0 aromatic heterocycles. The van der Waals surface area contributed by atoms with Crippen LogP contribution in [0.15, 0.2) is 0 Å². The monoisotopic (exact) mass is 211 g/mol. The van der Waals surface area contributed by atoms with Gasteiger partial charge in [0.15, 0.2) is 0 Å². The number of hydrogen-bond donors (Lipinski definition) is 0. The highest BCUT2D eigenvalue weighted by molar-refractivity contribution is 5.75. The molecule has 0 heterocycles. The maximum absolute atomic E-state index is 11.3. The van der Waals surface area contributed by atoms with Crippen LogP contribution in [0.25, 0.3) is 0 Å². The van der Waals surface area contributed by atoms with Crippen LogP contribution < -0.4 is 0 Å². The fourth-order valence-corrected chi connectivity index (χ4v) is 1.36. The minimum absolute atomic E-state index is 0.156. The van der Waals surface area contributed by atoms with Gasteiger partial charge in [0.1, 0.15) is 0 Å². The zero-order valence-electron chi connectivity index (χ0n) is 9.99. The van der Waals surface area contributed by atoms with Gasteiger partial charge in [-0.3, -0.25) is 9.69 Å². The minimum Gasteiger partial charge on any atom is -0.349 e. The second-order valence-corrected chi connectivity index (χ2v) is 3.83. The number of carbonyl (C=O) groups excluding carboxylic acids is 1. The predicted octanol–water partition coefficient (Wildman–Crippen LogP) is 1.09. The summed E-state index contributed by atoms with van der Waals surface area (Å²) in [4.78, 5) is 15.0. The van der Waals surface area contributed by atoms with E-state index in [-0.39, 0.29) is 5.91 Å². The van der Waals surface area contributed by atoms with E-state index in [2.05, 4.69) is 17.9 Å². The molecule has 0 saturated heterocycles. The van der Waals surface area contributed by atoms with Gasteiger partial charge in [0.25, 0.3) is 0 Å². The summed E-state index contributed by atoms with van der Waals surface area (Å²) in [5.74, 6) is 0.156. The molecule has 0 N–H and O–H groups in total. The molecule has 0 unspecified atom stereocenters. The minimum atomic E-state index is 0.156. The third-order valence-corrected chi connectivity index (χ3v) is 2.20. The summed E-state index contributed by atoms with van der Waals surface area (Å²) < 4.78 is 0. The maximum atomic E-state index is 11.3. The molecular formula is C11H21N3O. The Morgan fingerprint density at radius 1 is 1.33 bits per heavy atom. The van der Waals surface area contributed by atoms with E-state index < -0.39 is 0 Å². The zero-order valence-corrected chi connectivity index (χ0v) is 9.99. The highest BCUT2D eigenvalue weighted by Crippen LogP contribution is 1.98. The quantitative estimate of drug-likeness (QED) is 0.592. The van der Waals surface area contributed by atoms with Crippen LogP contribution in [0.2, 0.25) is 0 Å². The highest BCUT2D eigenvalue weighted by Gasteiger charge is 2.06. The molecule has 4 nitrogen and oxygen atoms in total. The van der Waals surface area contributed by atoms with E-state index in [1.54, 1.807) is 19.0 Å². The molecule has 0 aromatic rings. The van der Waals surface area contributed by atoms with Crippen molar-refractivity contribution in [2.75, 3.05) is 33.7 Å². The molecule has 0 fully saturated rings. The normalized spacial score (nSPS) is 10.1. The van der Waals surface area contributed by atoms with Gasteiger partial charge >= 0.3 is 0 Å². The number of nitriles is 1. The summed E-state index contributed by atoms with van der Waals surface area (Å²) in [6.07, 6.45) is 2.45. The van der Waals surface area contributed by atoms with Crippen molar-refractivity contribution in [2.45, 2.75) is 26.2 Å². The third-order valence-electron chi connectivity index (χ3n) is 2.20. The van der Waals surface area contributed by atoms with Gasteiger partial charge in [-0.1, -0.05) is 6.92 Å². The van der Waals surface area contributed by atoms with E-state index in [0.29, 0.717) is 13.0 Å². The number of carbonyl (C=O) groups is 1. The van der Waals surface area contributed by atoms with Crippen molar-refractivity contribution in [1.82, 2.24) is 9.80 Å². The molecule has 0 radical (unpaired) electrons. The molecule has 86 valence electrons. The smallest absolute Gasteiger partial charge is 0.222 e. The second kappa shape index (κ2) is 8.25. The summed E-state index contributed by atoms with van der Waals surface area (Å²) >= 11 is 0. The van der Waals surface area contributed by atoms with Crippen molar-refractivity contribution >= 4 is 5.91 Å². The molecule has 0 aliphatic rings. The Balaban J connectivity index is 3.71. The van der Waals surface area contributed by atoms with Crippen molar-refractivity contribution < 1.29 is 4.79 Å². The molecule has 0 rings (SSSR count). The van der Waals surface area contributed by atoms with E-state index in [4.69, 9.17) is 5.26 Å². The predicted molar refractivity (Wildman–Crippen MR) is 60.3 cm³/mol. The third kappa shape index (κ3) is 6.92. The average Bonchev–Trinajstić information content (AvgIpc) is 2.18. The molecule has 0 aromatic carbocycles. The Hall–Kier alpha value is -1.08. The highest BCUT2D eigenvalue weighted by atomic mass is 16.2. The van der Waals surface area contributed by atoms with Gasteiger partial charge in [0.2, 0.25) is 5.91 Å². The first kappa shape index (κ1) is 13.9. The van der Waals surface area contributed by atoms with E-state index in [1.165, 1.54) is 0 Å². The van der Waals surface area contributed by atoms with Crippen molar-refractivity contribution in [3.8, 4) is 6.07 Å². The largest absolute Gasteiger partial charge is 0.349 e. The lowest BCUT2D eigenvalue weighted by molar-refractivity contribution is -0.128. The van der Waals surface area contributed by atoms with Gasteiger partial charge in [-0.2, -0.15) is 5.26 Å². The maximum Gasteiger partial charge on any atom is 0.222 e. The van der Waals surface area contributed by atoms with Crippen LogP contribution in [0.1, 0.15) is 26.2 Å². The van der Waals surface area contributed by atoms with E-state index in [9.17, 15) is 4.79 Å². The molecule has 0 aliphatic heterocycles. The fourth-order valence-electron chi connectivity index (χ4n) is 1.36. The van der Waals surface area contributed by atoms with Gasteiger partial charge in [-0.05, 0) is 25.9 Å². The molecule has 0 saturated carbocycles. The summed E-state index contributed by atoms with van der Waals surface area (Å²) in [5.41, 5.74) is 0. The number of amides is 1. The summed E-state index contributed by atoms with van der Waals surface area (Å²) in [7, 11) is 3.53. The van der Waals surface area contributed by atoms with Gasteiger partial charge < -0.3 is 4.90 Å². The van der Waals surface area contributed by atoms with E-state index >= 15 is 0 Å². The van der Waals surface area contributed by atoms with Crippen LogP contribution in [-0.2, 0) is 4.79 Å². The van der Waals surface area contributed by atoms with Crippen LogP contribution in [-0.4, -0.2) is 49.4 Å². The first-order chi connectivity index (χ1) is 7.11. The first-order valence-corrected chi connectivity index (χ1v) is 5.41. The van der Waals surface area contributed by atoms with E-state index in [1.807, 2.05) is 0 Å². The SMILES string of the molecule is CCCN(CC#N)CCCC(=O)N(C)C. The lowest BCUT2D eigenvalue weighted by atomic mass is 10.2. The molecule has 15 heavy (non-hydrogen) atoms. The average molecular weight is 211 g/mol. The molecule has 0 aliphatic carbocycles. The molecule has 0 bridgehead atoms. The number of rotatable bonds is 7. The van der Waals surface area contributed by atoms with Crippen LogP contribution in [0.4, 0.5) is 0 Å². The number of hydrogen-bond acceptors (Lipinski definition) is 3. The molecule has 0 atom stereocenters. The summed E-state index contributed by atoms with van der Waals surface area (Å²) in [6.45, 7) is 4.32. The molecular weight excluding hydrogens is 190 g/mol. The second-order valence-electron chi connectivity index (χ2n) is 3.83. The number of nitrogens with zero attached hydrogens (tertiary/aromatic N) is 3. The topological polar surface area (TPSA) is 47.3 Å². The first-order valence-electron chi connectivity index (χ1n) is 5.41. The van der Waals surface area contributed by atoms with Gasteiger partial charge in [0, 0.05) is 20.5 Å². The van der Waals surface area contributed by atoms with Crippen molar-refractivity contribution in [3.63, 3.8) is 0 Å². The van der Waals surface area contributed by atoms with Crippen molar-refractivity contribution in [2.24, 2.45) is 0 Å². The fraction of sp³-hybridized carbons (Fsp3) is 0.818. The van der Waals surface area contributed by atoms with E-state index in [0.717, 1.165) is 25.9 Å². The van der Waals surface area contributed by atoms with Gasteiger partial charge in [0.05, 0.1) is 12.6 Å². The summed E-state index contributed by atoms with van der Waals surface area (Å²) in [6, 6.07) is 2.14. The molecule has 1 amide bonds. The molecule has 0 spiro atoms. The lowest BCUT2D eigenvalue weighted by Crippen LogP contribution is -2.28. The molecule has 4 heteroatoms. The standard InChI is InChI=1S/C11H21N3O/c1-4-8-14(10-7-12)9-5-6-11(15)13(2)3/h4-6,8-10H2,1-3H3. The lowest BCUT2D eigenvalue weighted by Gasteiger charge is -2.18. The van der Waals surface area contributed by atoms with Crippen LogP contribution in [0.3, 0.4) is 0 Å². The Kier molecular flexibility index (Phi) is 7.65. The van der Waals surface area contributed by atoms with Crippen LogP contribution >= 0.6 is 0 Å². The Labute approximate surface area is 92.5 Å². The zero-order chi connectivity index (χ0) is 11.7. The van der Waals surface area contributed by atoms with Gasteiger partial charge in [-0.15, -0.1) is 0 Å². The summed E-state index contributed by atoms with van der Waals surface area (Å²) in [5, 5.41) is 8.59. The van der Waals surface area contributed by atoms with Crippen molar-refractivity contribution in [3.05, 3.63) is 0 Å².